The molecule has 2 unspecified atom stereocenters. The van der Waals surface area contributed by atoms with E-state index in [1.54, 1.807) is 32.2 Å². The number of ether oxygens (including phenoxy) is 1. The Labute approximate surface area is 158 Å². The van der Waals surface area contributed by atoms with Crippen LogP contribution in [0, 0.1) is 6.92 Å². The molecular formula is C19H22N2O5S. The van der Waals surface area contributed by atoms with Crippen LogP contribution in [0.5, 0.6) is 0 Å². The first-order valence-electron chi connectivity index (χ1n) is 8.72. The Morgan fingerprint density at radius 3 is 2.67 bits per heavy atom. The second-order valence-corrected chi connectivity index (χ2v) is 9.11. The summed E-state index contributed by atoms with van der Waals surface area (Å²) in [6, 6.07) is 8.48. The zero-order chi connectivity index (χ0) is 19.8. The number of aromatic nitrogens is 1. The number of rotatable bonds is 4. The maximum absolute atomic E-state index is 12.7. The molecule has 27 heavy (non-hydrogen) atoms. The number of nitrogens with zero attached hydrogens (tertiary/aromatic N) is 2. The number of carbonyl (C=O) groups excluding carboxylic acids is 2. The number of pyridine rings is 1. The van der Waals surface area contributed by atoms with Crippen molar-refractivity contribution in [3.8, 4) is 0 Å². The number of benzene rings is 1. The van der Waals surface area contributed by atoms with E-state index in [4.69, 9.17) is 4.74 Å². The predicted octanol–water partition coefficient (Wildman–Crippen LogP) is 1.73. The van der Waals surface area contributed by atoms with E-state index in [1.807, 2.05) is 12.1 Å². The number of fused-ring (bicyclic) bond motifs is 1. The number of amides is 1. The van der Waals surface area contributed by atoms with Crippen LogP contribution in [0.2, 0.25) is 0 Å². The number of hydrogen-bond acceptors (Lipinski definition) is 6. The average Bonchev–Trinajstić information content (AvgIpc) is 2.99. The highest BCUT2D eigenvalue weighted by Gasteiger charge is 2.35. The molecule has 8 heteroatoms. The van der Waals surface area contributed by atoms with Gasteiger partial charge in [-0.3, -0.25) is 9.78 Å². The lowest BCUT2D eigenvalue weighted by Gasteiger charge is -2.26. The molecule has 2 heterocycles. The van der Waals surface area contributed by atoms with Crippen LogP contribution in [-0.4, -0.2) is 60.9 Å². The highest BCUT2D eigenvalue weighted by Crippen LogP contribution is 2.21. The first-order valence-corrected chi connectivity index (χ1v) is 10.5. The molecule has 0 spiro atoms. The summed E-state index contributed by atoms with van der Waals surface area (Å²) in [7, 11) is -1.56. The smallest absolute Gasteiger partial charge is 0.339 e. The van der Waals surface area contributed by atoms with Gasteiger partial charge in [-0.1, -0.05) is 18.2 Å². The molecule has 1 saturated heterocycles. The van der Waals surface area contributed by atoms with E-state index in [0.29, 0.717) is 28.6 Å². The Balaban J connectivity index is 1.75. The summed E-state index contributed by atoms with van der Waals surface area (Å²) in [5, 5.41) is 0.656. The Hall–Kier alpha value is -2.48. The Bertz CT molecular complexity index is 1000. The highest BCUT2D eigenvalue weighted by atomic mass is 32.2. The van der Waals surface area contributed by atoms with Gasteiger partial charge < -0.3 is 9.64 Å². The second-order valence-electron chi connectivity index (χ2n) is 6.88. The molecule has 0 bridgehead atoms. The molecule has 1 aliphatic rings. The van der Waals surface area contributed by atoms with Crippen molar-refractivity contribution in [2.45, 2.75) is 32.4 Å². The first kappa shape index (κ1) is 19.3. The summed E-state index contributed by atoms with van der Waals surface area (Å²) in [4.78, 5) is 31.0. The van der Waals surface area contributed by atoms with Gasteiger partial charge in [-0.25, -0.2) is 13.2 Å². The van der Waals surface area contributed by atoms with E-state index in [2.05, 4.69) is 4.98 Å². The van der Waals surface area contributed by atoms with E-state index in [-0.39, 0.29) is 17.5 Å². The lowest BCUT2D eigenvalue weighted by Crippen LogP contribution is -2.44. The van der Waals surface area contributed by atoms with Gasteiger partial charge in [0.05, 0.1) is 22.6 Å². The van der Waals surface area contributed by atoms with Gasteiger partial charge in [0.1, 0.15) is 0 Å². The number of carbonyl (C=O) groups is 2. The van der Waals surface area contributed by atoms with E-state index >= 15 is 0 Å². The molecule has 144 valence electrons. The fourth-order valence-electron chi connectivity index (χ4n) is 3.30. The summed E-state index contributed by atoms with van der Waals surface area (Å²) in [5.41, 5.74) is 1.70. The lowest BCUT2D eigenvalue weighted by molar-refractivity contribution is -0.140. The molecule has 1 aromatic carbocycles. The number of para-hydroxylation sites is 1. The number of likely N-dealkylation sites (N-methyl/N-ethyl adjacent to an activating group) is 1. The van der Waals surface area contributed by atoms with Gasteiger partial charge in [0.25, 0.3) is 5.91 Å². The normalized spacial score (nSPS) is 19.6. The standard InChI is InChI=1S/C19H22N2O5S/c1-12-10-16(15-6-4-5-7-17(15)20-12)19(23)26-13(2)18(22)21(3)14-8-9-27(24,25)11-14/h4-7,10,13-14H,8-9,11H2,1-3H3. The molecule has 3 rings (SSSR count). The van der Waals surface area contributed by atoms with Gasteiger partial charge in [-0.05, 0) is 32.4 Å². The van der Waals surface area contributed by atoms with Crippen molar-refractivity contribution in [2.75, 3.05) is 18.6 Å². The zero-order valence-corrected chi connectivity index (χ0v) is 16.3. The van der Waals surface area contributed by atoms with Crippen LogP contribution in [0.3, 0.4) is 0 Å². The third kappa shape index (κ3) is 4.10. The second kappa shape index (κ2) is 7.26. The van der Waals surface area contributed by atoms with Crippen LogP contribution in [0.4, 0.5) is 0 Å². The zero-order valence-electron chi connectivity index (χ0n) is 15.5. The Kier molecular flexibility index (Phi) is 5.19. The lowest BCUT2D eigenvalue weighted by atomic mass is 10.1. The molecule has 0 radical (unpaired) electrons. The minimum atomic E-state index is -3.10. The third-order valence-electron chi connectivity index (χ3n) is 4.80. The van der Waals surface area contributed by atoms with Gasteiger partial charge in [0, 0.05) is 24.2 Å². The Morgan fingerprint density at radius 1 is 1.30 bits per heavy atom. The average molecular weight is 390 g/mol. The molecule has 2 aromatic rings. The quantitative estimate of drug-likeness (QED) is 0.738. The number of sulfone groups is 1. The minimum Gasteiger partial charge on any atom is -0.449 e. The largest absolute Gasteiger partial charge is 0.449 e. The predicted molar refractivity (Wildman–Crippen MR) is 101 cm³/mol. The van der Waals surface area contributed by atoms with Gasteiger partial charge in [-0.2, -0.15) is 0 Å². The van der Waals surface area contributed by atoms with Crippen molar-refractivity contribution in [2.24, 2.45) is 0 Å². The van der Waals surface area contributed by atoms with Crippen LogP contribution in [-0.2, 0) is 19.4 Å². The molecule has 0 saturated carbocycles. The highest BCUT2D eigenvalue weighted by molar-refractivity contribution is 7.91. The van der Waals surface area contributed by atoms with Crippen LogP contribution in [0.25, 0.3) is 10.9 Å². The monoisotopic (exact) mass is 390 g/mol. The van der Waals surface area contributed by atoms with E-state index in [1.165, 1.54) is 11.8 Å². The number of hydrogen-bond donors (Lipinski definition) is 0. The van der Waals surface area contributed by atoms with Crippen LogP contribution in [0.15, 0.2) is 30.3 Å². The van der Waals surface area contributed by atoms with Gasteiger partial charge in [-0.15, -0.1) is 0 Å². The molecule has 1 fully saturated rings. The summed E-state index contributed by atoms with van der Waals surface area (Å²) in [6.45, 7) is 3.28. The molecule has 1 aromatic heterocycles. The van der Waals surface area contributed by atoms with Crippen LogP contribution >= 0.6 is 0 Å². The maximum atomic E-state index is 12.7. The van der Waals surface area contributed by atoms with E-state index in [0.717, 1.165) is 0 Å². The van der Waals surface area contributed by atoms with E-state index in [9.17, 15) is 18.0 Å². The van der Waals surface area contributed by atoms with Crippen LogP contribution < -0.4 is 0 Å². The Morgan fingerprint density at radius 2 is 2.00 bits per heavy atom. The molecule has 2 atom stereocenters. The van der Waals surface area contributed by atoms with E-state index < -0.39 is 27.8 Å². The van der Waals surface area contributed by atoms with Crippen molar-refractivity contribution in [1.82, 2.24) is 9.88 Å². The maximum Gasteiger partial charge on any atom is 0.339 e. The van der Waals surface area contributed by atoms with Crippen molar-refractivity contribution in [1.29, 1.82) is 0 Å². The molecule has 1 amide bonds. The fourth-order valence-corrected chi connectivity index (χ4v) is 5.07. The van der Waals surface area contributed by atoms with Crippen molar-refractivity contribution in [3.05, 3.63) is 41.6 Å². The van der Waals surface area contributed by atoms with Gasteiger partial charge >= 0.3 is 5.97 Å². The molecular weight excluding hydrogens is 368 g/mol. The summed E-state index contributed by atoms with van der Waals surface area (Å²) in [5.74, 6) is -0.999. The molecule has 0 N–H and O–H groups in total. The number of esters is 1. The van der Waals surface area contributed by atoms with Gasteiger partial charge in [0.15, 0.2) is 15.9 Å². The third-order valence-corrected chi connectivity index (χ3v) is 6.55. The minimum absolute atomic E-state index is 0.0515. The molecule has 7 nitrogen and oxygen atoms in total. The topological polar surface area (TPSA) is 93.6 Å². The SMILES string of the molecule is Cc1cc(C(=O)OC(C)C(=O)N(C)C2CCS(=O)(=O)C2)c2ccccc2n1. The number of aryl methyl sites for hydroxylation is 1. The fraction of sp³-hybridized carbons (Fsp3) is 0.421. The molecule has 1 aliphatic heterocycles. The summed E-state index contributed by atoms with van der Waals surface area (Å²) in [6.07, 6.45) is -0.613. The summed E-state index contributed by atoms with van der Waals surface area (Å²) >= 11 is 0. The van der Waals surface area contributed by atoms with Crippen molar-refractivity contribution in [3.63, 3.8) is 0 Å². The first-order chi connectivity index (χ1) is 12.7. The van der Waals surface area contributed by atoms with Crippen molar-refractivity contribution >= 4 is 32.6 Å². The molecule has 0 aliphatic carbocycles. The van der Waals surface area contributed by atoms with Crippen LogP contribution in [0.1, 0.15) is 29.4 Å². The van der Waals surface area contributed by atoms with Crippen molar-refractivity contribution < 1.29 is 22.7 Å². The summed E-state index contributed by atoms with van der Waals surface area (Å²) < 4.78 is 28.6. The van der Waals surface area contributed by atoms with Gasteiger partial charge in [0.2, 0.25) is 0 Å².